The van der Waals surface area contributed by atoms with Crippen molar-refractivity contribution in [3.63, 3.8) is 0 Å². The zero-order chi connectivity index (χ0) is 21.0. The van der Waals surface area contributed by atoms with Crippen molar-refractivity contribution in [2.75, 3.05) is 7.11 Å². The molecule has 0 radical (unpaired) electrons. The van der Waals surface area contributed by atoms with Crippen LogP contribution >= 0.6 is 22.7 Å². The van der Waals surface area contributed by atoms with Gasteiger partial charge >= 0.3 is 11.9 Å². The Morgan fingerprint density at radius 3 is 1.86 bits per heavy atom. The van der Waals surface area contributed by atoms with Crippen LogP contribution in [0.25, 0.3) is 20.4 Å². The standard InChI is InChI=1S/C11H13NO2S.C10H11NO2S/c1-3-5-12-9(11(13)14-2)7-8-4-6-15-10(8)12;1-2-4-11-8(10(12)13)6-7-3-5-14-9(7)11/h4,6-7H,3,5H2,1-2H3;3,5-6H,2,4H2,1H3,(H,12,13). The van der Waals surface area contributed by atoms with Crippen molar-refractivity contribution in [3.8, 4) is 0 Å². The summed E-state index contributed by atoms with van der Waals surface area (Å²) in [5, 5.41) is 15.2. The third-order valence-electron chi connectivity index (χ3n) is 4.51. The van der Waals surface area contributed by atoms with Gasteiger partial charge in [-0.3, -0.25) is 0 Å². The summed E-state index contributed by atoms with van der Waals surface area (Å²) in [6.07, 6.45) is 1.95. The summed E-state index contributed by atoms with van der Waals surface area (Å²) < 4.78 is 8.68. The van der Waals surface area contributed by atoms with Gasteiger partial charge in [0.1, 0.15) is 21.0 Å². The molecule has 0 saturated heterocycles. The number of nitrogens with zero attached hydrogens (tertiary/aromatic N) is 2. The third kappa shape index (κ3) is 4.23. The first kappa shape index (κ1) is 21.1. The summed E-state index contributed by atoms with van der Waals surface area (Å²) in [6.45, 7) is 5.77. The summed E-state index contributed by atoms with van der Waals surface area (Å²) in [5.41, 5.74) is 1.05. The Morgan fingerprint density at radius 1 is 0.931 bits per heavy atom. The van der Waals surface area contributed by atoms with E-state index in [2.05, 4.69) is 6.92 Å². The van der Waals surface area contributed by atoms with Gasteiger partial charge in [0.2, 0.25) is 0 Å². The van der Waals surface area contributed by atoms with Crippen LogP contribution in [-0.4, -0.2) is 33.3 Å². The number of carboxylic acid groups (broad SMARTS) is 1. The summed E-state index contributed by atoms with van der Waals surface area (Å²) >= 11 is 3.25. The molecule has 8 heteroatoms. The fraction of sp³-hybridized carbons (Fsp3) is 0.333. The Morgan fingerprint density at radius 2 is 1.41 bits per heavy atom. The average Bonchev–Trinajstić information content (AvgIpc) is 3.45. The van der Waals surface area contributed by atoms with Gasteiger partial charge in [0.05, 0.1) is 7.11 Å². The van der Waals surface area contributed by atoms with Crippen molar-refractivity contribution in [1.29, 1.82) is 0 Å². The number of hydrogen-bond donors (Lipinski definition) is 1. The van der Waals surface area contributed by atoms with Gasteiger partial charge in [-0.1, -0.05) is 13.8 Å². The zero-order valence-electron chi connectivity index (χ0n) is 16.7. The smallest absolute Gasteiger partial charge is 0.354 e. The van der Waals surface area contributed by atoms with E-state index in [-0.39, 0.29) is 5.97 Å². The van der Waals surface area contributed by atoms with Gasteiger partial charge in [-0.2, -0.15) is 0 Å². The Labute approximate surface area is 176 Å². The van der Waals surface area contributed by atoms with Crippen molar-refractivity contribution in [2.24, 2.45) is 0 Å². The summed E-state index contributed by atoms with van der Waals surface area (Å²) in [5.74, 6) is -1.10. The maximum Gasteiger partial charge on any atom is 0.354 e. The molecule has 6 nitrogen and oxygen atoms in total. The van der Waals surface area contributed by atoms with Gasteiger partial charge < -0.3 is 19.0 Å². The second kappa shape index (κ2) is 9.28. The highest BCUT2D eigenvalue weighted by Crippen LogP contribution is 2.26. The predicted octanol–water partition coefficient (Wildman–Crippen LogP) is 5.71. The molecule has 0 fully saturated rings. The van der Waals surface area contributed by atoms with Gasteiger partial charge in [-0.25, -0.2) is 9.59 Å². The van der Waals surface area contributed by atoms with Crippen LogP contribution in [0.2, 0.25) is 0 Å². The molecule has 0 aliphatic carbocycles. The van der Waals surface area contributed by atoms with E-state index in [0.717, 1.165) is 46.4 Å². The lowest BCUT2D eigenvalue weighted by atomic mass is 10.3. The normalized spacial score (nSPS) is 10.9. The van der Waals surface area contributed by atoms with E-state index in [1.54, 1.807) is 28.7 Å². The molecule has 154 valence electrons. The Kier molecular flexibility index (Phi) is 6.76. The van der Waals surface area contributed by atoms with Crippen LogP contribution in [0.1, 0.15) is 47.7 Å². The maximum absolute atomic E-state index is 11.5. The molecular formula is C21H24N2O4S2. The first-order valence-electron chi connectivity index (χ1n) is 9.46. The van der Waals surface area contributed by atoms with Crippen LogP contribution in [0.15, 0.2) is 35.0 Å². The fourth-order valence-electron chi connectivity index (χ4n) is 3.29. The first-order chi connectivity index (χ1) is 14.0. The molecule has 29 heavy (non-hydrogen) atoms. The molecule has 4 rings (SSSR count). The highest BCUT2D eigenvalue weighted by atomic mass is 32.1. The van der Waals surface area contributed by atoms with E-state index in [1.807, 2.05) is 45.0 Å². The summed E-state index contributed by atoms with van der Waals surface area (Å²) in [7, 11) is 1.42. The lowest BCUT2D eigenvalue weighted by Crippen LogP contribution is -2.09. The number of fused-ring (bicyclic) bond motifs is 2. The minimum absolute atomic E-state index is 0.258. The highest BCUT2D eigenvalue weighted by Gasteiger charge is 2.16. The van der Waals surface area contributed by atoms with Crippen molar-refractivity contribution in [1.82, 2.24) is 9.13 Å². The topological polar surface area (TPSA) is 73.5 Å². The van der Waals surface area contributed by atoms with Gasteiger partial charge in [0.25, 0.3) is 0 Å². The molecule has 0 aliphatic heterocycles. The summed E-state index contributed by atoms with van der Waals surface area (Å²) in [6, 6.07) is 7.62. The number of carboxylic acids is 1. The third-order valence-corrected chi connectivity index (χ3v) is 6.42. The number of hydrogen-bond acceptors (Lipinski definition) is 5. The number of aryl methyl sites for hydroxylation is 2. The van der Waals surface area contributed by atoms with Crippen LogP contribution in [0, 0.1) is 0 Å². The van der Waals surface area contributed by atoms with Crippen LogP contribution < -0.4 is 0 Å². The highest BCUT2D eigenvalue weighted by molar-refractivity contribution is 7.17. The molecule has 0 aromatic carbocycles. The van der Waals surface area contributed by atoms with Gasteiger partial charge in [0, 0.05) is 23.9 Å². The average molecular weight is 433 g/mol. The monoisotopic (exact) mass is 432 g/mol. The van der Waals surface area contributed by atoms with Crippen LogP contribution in [0.5, 0.6) is 0 Å². The number of thiophene rings is 2. The minimum atomic E-state index is -0.846. The molecule has 0 saturated carbocycles. The van der Waals surface area contributed by atoms with Gasteiger partial charge in [0.15, 0.2) is 0 Å². The SMILES string of the molecule is CCCn1c(C(=O)O)cc2ccsc21.CCCn1c(C(=O)OC)cc2ccsc21. The molecule has 4 aromatic rings. The molecule has 0 unspecified atom stereocenters. The molecule has 0 amide bonds. The summed E-state index contributed by atoms with van der Waals surface area (Å²) in [4.78, 5) is 24.7. The lowest BCUT2D eigenvalue weighted by molar-refractivity contribution is 0.0588. The lowest BCUT2D eigenvalue weighted by Gasteiger charge is -2.06. The van der Waals surface area contributed by atoms with Gasteiger partial charge in [-0.15, -0.1) is 22.7 Å². The van der Waals surface area contributed by atoms with E-state index in [4.69, 9.17) is 9.84 Å². The Hall–Kier alpha value is -2.58. The number of carbonyl (C=O) groups excluding carboxylic acids is 1. The largest absolute Gasteiger partial charge is 0.477 e. The maximum atomic E-state index is 11.5. The van der Waals surface area contributed by atoms with Crippen LogP contribution in [-0.2, 0) is 17.8 Å². The number of carbonyl (C=O) groups is 2. The molecular weight excluding hydrogens is 408 g/mol. The zero-order valence-corrected chi connectivity index (χ0v) is 18.3. The number of methoxy groups -OCH3 is 1. The van der Waals surface area contributed by atoms with Crippen molar-refractivity contribution < 1.29 is 19.4 Å². The molecule has 0 atom stereocenters. The Balaban J connectivity index is 0.000000166. The Bertz CT molecular complexity index is 1130. The second-order valence-corrected chi connectivity index (χ2v) is 8.31. The van der Waals surface area contributed by atoms with Crippen LogP contribution in [0.3, 0.4) is 0 Å². The molecule has 4 heterocycles. The number of aromatic carboxylic acids is 1. The second-order valence-electron chi connectivity index (χ2n) is 6.52. The van der Waals surface area contributed by atoms with E-state index >= 15 is 0 Å². The molecule has 0 aliphatic rings. The first-order valence-corrected chi connectivity index (χ1v) is 11.2. The van der Waals surface area contributed by atoms with Crippen molar-refractivity contribution in [3.05, 3.63) is 46.4 Å². The number of ether oxygens (including phenoxy) is 1. The molecule has 0 bridgehead atoms. The van der Waals surface area contributed by atoms with Gasteiger partial charge in [-0.05, 0) is 47.9 Å². The fourth-order valence-corrected chi connectivity index (χ4v) is 5.14. The van der Waals surface area contributed by atoms with E-state index in [0.29, 0.717) is 11.4 Å². The number of esters is 1. The van der Waals surface area contributed by atoms with Crippen molar-refractivity contribution in [2.45, 2.75) is 39.8 Å². The predicted molar refractivity (Wildman–Crippen MR) is 119 cm³/mol. The van der Waals surface area contributed by atoms with E-state index < -0.39 is 5.97 Å². The minimum Gasteiger partial charge on any atom is -0.477 e. The molecule has 1 N–H and O–H groups in total. The van der Waals surface area contributed by atoms with E-state index in [1.165, 1.54) is 7.11 Å². The molecule has 0 spiro atoms. The molecule has 4 aromatic heterocycles. The van der Waals surface area contributed by atoms with E-state index in [9.17, 15) is 9.59 Å². The van der Waals surface area contributed by atoms with Crippen LogP contribution in [0.4, 0.5) is 0 Å². The number of aromatic nitrogens is 2. The quantitative estimate of drug-likeness (QED) is 0.396. The number of rotatable bonds is 6. The van der Waals surface area contributed by atoms with Crippen molar-refractivity contribution >= 4 is 55.0 Å².